The summed E-state index contributed by atoms with van der Waals surface area (Å²) in [4.78, 5) is 40.6. The molecule has 0 aromatic heterocycles. The summed E-state index contributed by atoms with van der Waals surface area (Å²) in [7, 11) is 1.78. The summed E-state index contributed by atoms with van der Waals surface area (Å²) < 4.78 is 17.7. The van der Waals surface area contributed by atoms with E-state index >= 15 is 0 Å². The van der Waals surface area contributed by atoms with Crippen LogP contribution in [-0.4, -0.2) is 67.7 Å². The molecule has 0 aliphatic carbocycles. The van der Waals surface area contributed by atoms with E-state index in [-0.39, 0.29) is 61.0 Å². The van der Waals surface area contributed by atoms with Crippen molar-refractivity contribution in [3.8, 4) is 5.75 Å². The molecule has 5 rings (SSSR count). The van der Waals surface area contributed by atoms with Gasteiger partial charge in [0.25, 0.3) is 5.91 Å². The van der Waals surface area contributed by atoms with Gasteiger partial charge in [0.2, 0.25) is 11.8 Å². The summed E-state index contributed by atoms with van der Waals surface area (Å²) in [6.07, 6.45) is 2.42. The van der Waals surface area contributed by atoms with Gasteiger partial charge in [0.1, 0.15) is 18.5 Å². The SMILES string of the molecule is C[C@H](NC(=O)C[C@@H]1CC[C@@H]2[C@@H](COc3ccc(NC(=O)C4CCOCC4)cc3C(=O)N2C)O1)c1ccccc1. The quantitative estimate of drug-likeness (QED) is 0.584. The van der Waals surface area contributed by atoms with Gasteiger partial charge >= 0.3 is 0 Å². The third-order valence-electron chi connectivity index (χ3n) is 7.96. The number of likely N-dealkylation sites (N-methyl/N-ethyl adjacent to an activating group) is 1. The molecule has 0 unspecified atom stereocenters. The van der Waals surface area contributed by atoms with E-state index in [9.17, 15) is 14.4 Å². The Bertz CT molecular complexity index is 1180. The number of benzene rings is 2. The van der Waals surface area contributed by atoms with Crippen LogP contribution in [0.5, 0.6) is 5.75 Å². The molecule has 0 bridgehead atoms. The van der Waals surface area contributed by atoms with Gasteiger partial charge in [-0.25, -0.2) is 0 Å². The first kappa shape index (κ1) is 27.1. The van der Waals surface area contributed by atoms with Crippen LogP contribution < -0.4 is 15.4 Å². The highest BCUT2D eigenvalue weighted by Crippen LogP contribution is 2.33. The average Bonchev–Trinajstić information content (AvgIpc) is 2.96. The predicted molar refractivity (Wildman–Crippen MR) is 146 cm³/mol. The molecule has 2 fully saturated rings. The number of carbonyl (C=O) groups is 3. The maximum Gasteiger partial charge on any atom is 0.257 e. The van der Waals surface area contributed by atoms with Crippen LogP contribution in [-0.2, 0) is 19.1 Å². The number of amides is 3. The second-order valence-corrected chi connectivity index (χ2v) is 10.7. The molecular formula is C30H37N3O6. The Morgan fingerprint density at radius 2 is 1.82 bits per heavy atom. The summed E-state index contributed by atoms with van der Waals surface area (Å²) in [6.45, 7) is 3.40. The molecule has 0 spiro atoms. The molecule has 4 atom stereocenters. The van der Waals surface area contributed by atoms with Gasteiger partial charge in [-0.3, -0.25) is 14.4 Å². The van der Waals surface area contributed by atoms with Gasteiger partial charge in [-0.15, -0.1) is 0 Å². The van der Waals surface area contributed by atoms with Gasteiger partial charge in [0.05, 0.1) is 30.2 Å². The van der Waals surface area contributed by atoms with E-state index in [2.05, 4.69) is 10.6 Å². The van der Waals surface area contributed by atoms with E-state index in [1.807, 2.05) is 37.3 Å². The first-order valence-corrected chi connectivity index (χ1v) is 13.8. The lowest BCUT2D eigenvalue weighted by Gasteiger charge is -2.42. The largest absolute Gasteiger partial charge is 0.490 e. The normalized spacial score (nSPS) is 24.3. The highest BCUT2D eigenvalue weighted by molar-refractivity contribution is 6.00. The molecule has 3 aliphatic heterocycles. The average molecular weight is 536 g/mol. The van der Waals surface area contributed by atoms with Crippen LogP contribution in [0.4, 0.5) is 5.69 Å². The summed E-state index contributed by atoms with van der Waals surface area (Å²) in [5, 5.41) is 6.01. The van der Waals surface area contributed by atoms with Crippen molar-refractivity contribution in [2.75, 3.05) is 32.2 Å². The maximum absolute atomic E-state index is 13.5. The Balaban J connectivity index is 1.21. The van der Waals surface area contributed by atoms with Crippen LogP contribution in [0.25, 0.3) is 0 Å². The van der Waals surface area contributed by atoms with Crippen LogP contribution >= 0.6 is 0 Å². The second-order valence-electron chi connectivity index (χ2n) is 10.7. The van der Waals surface area contributed by atoms with Crippen molar-refractivity contribution in [1.82, 2.24) is 10.2 Å². The van der Waals surface area contributed by atoms with E-state index in [4.69, 9.17) is 14.2 Å². The van der Waals surface area contributed by atoms with Crippen molar-refractivity contribution >= 4 is 23.4 Å². The monoisotopic (exact) mass is 535 g/mol. The Hall–Kier alpha value is -3.43. The zero-order chi connectivity index (χ0) is 27.4. The number of carbonyl (C=O) groups excluding carboxylic acids is 3. The van der Waals surface area contributed by atoms with Gasteiger partial charge in [-0.2, -0.15) is 0 Å². The van der Waals surface area contributed by atoms with E-state index in [1.54, 1.807) is 30.1 Å². The number of anilines is 1. The third-order valence-corrected chi connectivity index (χ3v) is 7.96. The van der Waals surface area contributed by atoms with E-state index in [0.29, 0.717) is 55.9 Å². The van der Waals surface area contributed by atoms with Gasteiger partial charge in [-0.05, 0) is 56.4 Å². The van der Waals surface area contributed by atoms with Crippen molar-refractivity contribution in [2.24, 2.45) is 5.92 Å². The molecule has 3 amide bonds. The molecule has 39 heavy (non-hydrogen) atoms. The zero-order valence-corrected chi connectivity index (χ0v) is 22.6. The van der Waals surface area contributed by atoms with E-state index in [0.717, 1.165) is 5.56 Å². The molecule has 2 aromatic carbocycles. The lowest BCUT2D eigenvalue weighted by atomic mass is 9.94. The first-order chi connectivity index (χ1) is 18.9. The molecule has 9 heteroatoms. The highest BCUT2D eigenvalue weighted by Gasteiger charge is 2.39. The molecule has 2 aromatic rings. The fourth-order valence-electron chi connectivity index (χ4n) is 5.64. The molecular weight excluding hydrogens is 498 g/mol. The van der Waals surface area contributed by atoms with Crippen LogP contribution in [0.15, 0.2) is 48.5 Å². The van der Waals surface area contributed by atoms with Crippen molar-refractivity contribution in [2.45, 2.75) is 63.3 Å². The molecule has 0 radical (unpaired) electrons. The number of hydrogen-bond donors (Lipinski definition) is 2. The molecule has 2 saturated heterocycles. The van der Waals surface area contributed by atoms with Crippen molar-refractivity contribution in [3.05, 3.63) is 59.7 Å². The number of rotatable bonds is 6. The lowest BCUT2D eigenvalue weighted by Crippen LogP contribution is -2.54. The number of ether oxygens (including phenoxy) is 3. The summed E-state index contributed by atoms with van der Waals surface area (Å²) in [5.74, 6) is 0.0615. The Morgan fingerprint density at radius 1 is 1.05 bits per heavy atom. The van der Waals surface area contributed by atoms with Crippen molar-refractivity contribution in [3.63, 3.8) is 0 Å². The van der Waals surface area contributed by atoms with Crippen LogP contribution in [0.2, 0.25) is 0 Å². The molecule has 3 aliphatic rings. The molecule has 0 saturated carbocycles. The summed E-state index contributed by atoms with van der Waals surface area (Å²) in [6, 6.07) is 14.8. The fraction of sp³-hybridized carbons (Fsp3) is 0.500. The molecule has 3 heterocycles. The Kier molecular flexibility index (Phi) is 8.47. The number of nitrogens with one attached hydrogen (secondary N) is 2. The number of nitrogens with zero attached hydrogens (tertiary/aromatic N) is 1. The van der Waals surface area contributed by atoms with Gasteiger partial charge in [0, 0.05) is 31.9 Å². The summed E-state index contributed by atoms with van der Waals surface area (Å²) >= 11 is 0. The van der Waals surface area contributed by atoms with E-state index < -0.39 is 0 Å². The second kappa shape index (κ2) is 12.2. The first-order valence-electron chi connectivity index (χ1n) is 13.8. The van der Waals surface area contributed by atoms with Gasteiger partial charge in [0.15, 0.2) is 0 Å². The summed E-state index contributed by atoms with van der Waals surface area (Å²) in [5.41, 5.74) is 2.04. The molecule has 208 valence electrons. The minimum atomic E-state index is -0.349. The third kappa shape index (κ3) is 6.42. The van der Waals surface area contributed by atoms with Crippen LogP contribution in [0.3, 0.4) is 0 Å². The van der Waals surface area contributed by atoms with E-state index in [1.165, 1.54) is 0 Å². The van der Waals surface area contributed by atoms with Crippen LogP contribution in [0.1, 0.15) is 61.0 Å². The Morgan fingerprint density at radius 3 is 2.59 bits per heavy atom. The predicted octanol–water partition coefficient (Wildman–Crippen LogP) is 3.70. The maximum atomic E-state index is 13.5. The van der Waals surface area contributed by atoms with Gasteiger partial charge in [-0.1, -0.05) is 30.3 Å². The fourth-order valence-corrected chi connectivity index (χ4v) is 5.64. The standard InChI is InChI=1S/C30H37N3O6/c1-19(20-6-4-3-5-7-20)31-28(34)17-23-9-10-25-27(39-23)18-38-26-11-8-22(16-24(26)30(36)33(25)2)32-29(35)21-12-14-37-15-13-21/h3-8,11,16,19,21,23,25,27H,9-10,12-15,17-18H2,1-2H3,(H,31,34)(H,32,35)/t19-,23-,25+,27+/m0/s1. The topological polar surface area (TPSA) is 106 Å². The van der Waals surface area contributed by atoms with Crippen LogP contribution in [0, 0.1) is 5.92 Å². The minimum absolute atomic E-state index is 0.0557. The zero-order valence-electron chi connectivity index (χ0n) is 22.6. The minimum Gasteiger partial charge on any atom is -0.490 e. The number of hydrogen-bond acceptors (Lipinski definition) is 6. The number of fused-ring (bicyclic) bond motifs is 2. The lowest BCUT2D eigenvalue weighted by molar-refractivity contribution is -0.134. The van der Waals surface area contributed by atoms with Crippen molar-refractivity contribution in [1.29, 1.82) is 0 Å². The molecule has 2 N–H and O–H groups in total. The smallest absolute Gasteiger partial charge is 0.257 e. The van der Waals surface area contributed by atoms with Gasteiger partial charge < -0.3 is 29.7 Å². The molecule has 9 nitrogen and oxygen atoms in total. The van der Waals surface area contributed by atoms with Crippen molar-refractivity contribution < 1.29 is 28.6 Å². The Labute approximate surface area is 229 Å². The highest BCUT2D eigenvalue weighted by atomic mass is 16.5.